The highest BCUT2D eigenvalue weighted by Crippen LogP contribution is 2.16. The van der Waals surface area contributed by atoms with E-state index in [1.807, 2.05) is 55.6 Å². The molecular weight excluding hydrogens is 344 g/mol. The Hall–Kier alpha value is -3.61. The number of para-hydroxylation sites is 2. The molecular formula is C20H20N4O3. The number of fused-ring (bicyclic) bond motifs is 1. The fourth-order valence-electron chi connectivity index (χ4n) is 2.51. The first kappa shape index (κ1) is 18.2. The summed E-state index contributed by atoms with van der Waals surface area (Å²) >= 11 is 0. The monoisotopic (exact) mass is 364 g/mol. The summed E-state index contributed by atoms with van der Waals surface area (Å²) in [6, 6.07) is 15.2. The minimum atomic E-state index is -0.421. The van der Waals surface area contributed by atoms with Crippen LogP contribution < -0.4 is 15.5 Å². The molecule has 138 valence electrons. The summed E-state index contributed by atoms with van der Waals surface area (Å²) in [4.78, 5) is 26.7. The molecule has 0 radical (unpaired) electrons. The molecule has 2 amide bonds. The molecule has 0 saturated heterocycles. The van der Waals surface area contributed by atoms with E-state index in [4.69, 9.17) is 4.74 Å². The highest BCUT2D eigenvalue weighted by molar-refractivity contribution is 5.99. The number of carbonyl (C=O) groups is 2. The predicted octanol–water partition coefficient (Wildman–Crippen LogP) is 2.12. The number of hydrazone groups is 1. The van der Waals surface area contributed by atoms with Crippen molar-refractivity contribution in [3.63, 3.8) is 0 Å². The Kier molecular flexibility index (Phi) is 5.84. The van der Waals surface area contributed by atoms with Gasteiger partial charge in [-0.2, -0.15) is 5.10 Å². The number of H-pyrrole nitrogens is 1. The predicted molar refractivity (Wildman–Crippen MR) is 104 cm³/mol. The molecule has 3 rings (SSSR count). The van der Waals surface area contributed by atoms with Gasteiger partial charge in [-0.05, 0) is 24.6 Å². The number of amides is 2. The van der Waals surface area contributed by atoms with Crippen LogP contribution in [0.3, 0.4) is 0 Å². The van der Waals surface area contributed by atoms with E-state index in [1.165, 1.54) is 0 Å². The lowest BCUT2D eigenvalue weighted by Crippen LogP contribution is -2.37. The van der Waals surface area contributed by atoms with Gasteiger partial charge in [0, 0.05) is 22.7 Å². The van der Waals surface area contributed by atoms with E-state index in [0.29, 0.717) is 5.75 Å². The van der Waals surface area contributed by atoms with Crippen LogP contribution in [0.25, 0.3) is 10.9 Å². The van der Waals surface area contributed by atoms with Crippen LogP contribution in [0.2, 0.25) is 0 Å². The van der Waals surface area contributed by atoms with Crippen LogP contribution in [0, 0.1) is 6.92 Å². The number of aryl methyl sites for hydroxylation is 1. The Bertz CT molecular complexity index is 978. The summed E-state index contributed by atoms with van der Waals surface area (Å²) in [6.45, 7) is 1.56. The number of hydrogen-bond donors (Lipinski definition) is 3. The zero-order chi connectivity index (χ0) is 19.1. The van der Waals surface area contributed by atoms with Crippen molar-refractivity contribution in [1.29, 1.82) is 0 Å². The van der Waals surface area contributed by atoms with Gasteiger partial charge < -0.3 is 15.0 Å². The van der Waals surface area contributed by atoms with Crippen molar-refractivity contribution >= 4 is 28.9 Å². The van der Waals surface area contributed by atoms with Crippen molar-refractivity contribution in [2.75, 3.05) is 13.2 Å². The SMILES string of the molecule is Cc1ccccc1OCC(=O)NCC(=O)N/N=C\c1c[nH]c2ccccc12. The fourth-order valence-corrected chi connectivity index (χ4v) is 2.51. The first-order chi connectivity index (χ1) is 13.1. The van der Waals surface area contributed by atoms with Crippen LogP contribution in [0.1, 0.15) is 11.1 Å². The molecule has 1 aromatic heterocycles. The van der Waals surface area contributed by atoms with Gasteiger partial charge in [0.1, 0.15) is 5.75 Å². The lowest BCUT2D eigenvalue weighted by Gasteiger charge is -2.08. The topological polar surface area (TPSA) is 95.6 Å². The van der Waals surface area contributed by atoms with E-state index in [-0.39, 0.29) is 19.1 Å². The molecule has 0 aliphatic rings. The third-order valence-electron chi connectivity index (χ3n) is 3.91. The first-order valence-electron chi connectivity index (χ1n) is 8.46. The second-order valence-corrected chi connectivity index (χ2v) is 5.91. The normalized spacial score (nSPS) is 10.9. The lowest BCUT2D eigenvalue weighted by atomic mass is 10.2. The first-order valence-corrected chi connectivity index (χ1v) is 8.46. The van der Waals surface area contributed by atoms with Gasteiger partial charge in [-0.25, -0.2) is 5.43 Å². The van der Waals surface area contributed by atoms with Crippen LogP contribution >= 0.6 is 0 Å². The Balaban J connectivity index is 1.41. The average Bonchev–Trinajstić information content (AvgIpc) is 3.09. The summed E-state index contributed by atoms with van der Waals surface area (Å²) in [5.41, 5.74) is 5.18. The Labute approximate surface area is 156 Å². The van der Waals surface area contributed by atoms with Gasteiger partial charge in [0.15, 0.2) is 6.61 Å². The van der Waals surface area contributed by atoms with Crippen molar-refractivity contribution in [3.05, 3.63) is 65.9 Å². The quantitative estimate of drug-likeness (QED) is 0.443. The summed E-state index contributed by atoms with van der Waals surface area (Å²) in [5.74, 6) is -0.162. The summed E-state index contributed by atoms with van der Waals surface area (Å²) in [5, 5.41) is 7.42. The number of carbonyl (C=O) groups excluding carboxylic acids is 2. The zero-order valence-corrected chi connectivity index (χ0v) is 14.9. The van der Waals surface area contributed by atoms with Crippen LogP contribution in [0.5, 0.6) is 5.75 Å². The van der Waals surface area contributed by atoms with Crippen molar-refractivity contribution in [2.24, 2.45) is 5.10 Å². The standard InChI is InChI=1S/C20H20N4O3/c1-14-6-2-5-9-18(14)27-13-20(26)22-12-19(25)24-23-11-15-10-21-17-8-4-3-7-16(15)17/h2-11,21H,12-13H2,1H3,(H,22,26)(H,24,25)/b23-11-. The molecule has 3 aromatic rings. The van der Waals surface area contributed by atoms with E-state index in [1.54, 1.807) is 12.3 Å². The van der Waals surface area contributed by atoms with Gasteiger partial charge in [-0.3, -0.25) is 9.59 Å². The number of ether oxygens (including phenoxy) is 1. The molecule has 0 atom stereocenters. The molecule has 7 nitrogen and oxygen atoms in total. The van der Waals surface area contributed by atoms with E-state index < -0.39 is 5.91 Å². The largest absolute Gasteiger partial charge is 0.484 e. The maximum Gasteiger partial charge on any atom is 0.259 e. The van der Waals surface area contributed by atoms with Crippen LogP contribution in [0.4, 0.5) is 0 Å². The molecule has 0 bridgehead atoms. The maximum absolute atomic E-state index is 11.8. The summed E-state index contributed by atoms with van der Waals surface area (Å²) in [6.07, 6.45) is 3.37. The number of hydrogen-bond acceptors (Lipinski definition) is 4. The zero-order valence-electron chi connectivity index (χ0n) is 14.9. The molecule has 3 N–H and O–H groups in total. The fraction of sp³-hybridized carbons (Fsp3) is 0.150. The van der Waals surface area contributed by atoms with Gasteiger partial charge >= 0.3 is 0 Å². The second-order valence-electron chi connectivity index (χ2n) is 5.91. The van der Waals surface area contributed by atoms with E-state index in [9.17, 15) is 9.59 Å². The van der Waals surface area contributed by atoms with Crippen LogP contribution in [-0.2, 0) is 9.59 Å². The number of aromatic nitrogens is 1. The molecule has 0 spiro atoms. The minimum absolute atomic E-state index is 0.156. The van der Waals surface area contributed by atoms with E-state index in [2.05, 4.69) is 20.8 Å². The number of benzene rings is 2. The smallest absolute Gasteiger partial charge is 0.259 e. The molecule has 27 heavy (non-hydrogen) atoms. The van der Waals surface area contributed by atoms with Gasteiger partial charge in [-0.1, -0.05) is 36.4 Å². The molecule has 1 heterocycles. The Morgan fingerprint density at radius 2 is 1.89 bits per heavy atom. The van der Waals surface area contributed by atoms with Crippen LogP contribution in [0.15, 0.2) is 59.8 Å². The Morgan fingerprint density at radius 1 is 1.11 bits per heavy atom. The average molecular weight is 364 g/mol. The van der Waals surface area contributed by atoms with Gasteiger partial charge in [0.2, 0.25) is 0 Å². The third-order valence-corrected chi connectivity index (χ3v) is 3.91. The van der Waals surface area contributed by atoms with Crippen molar-refractivity contribution in [1.82, 2.24) is 15.7 Å². The number of aromatic amines is 1. The molecule has 2 aromatic carbocycles. The van der Waals surface area contributed by atoms with Crippen molar-refractivity contribution in [3.8, 4) is 5.75 Å². The molecule has 0 aliphatic carbocycles. The molecule has 0 fully saturated rings. The number of nitrogens with zero attached hydrogens (tertiary/aromatic N) is 1. The highest BCUT2D eigenvalue weighted by Gasteiger charge is 2.07. The molecule has 0 aliphatic heterocycles. The van der Waals surface area contributed by atoms with E-state index >= 15 is 0 Å². The van der Waals surface area contributed by atoms with E-state index in [0.717, 1.165) is 22.0 Å². The maximum atomic E-state index is 11.8. The lowest BCUT2D eigenvalue weighted by molar-refractivity contribution is -0.127. The molecule has 0 unspecified atom stereocenters. The van der Waals surface area contributed by atoms with Crippen molar-refractivity contribution in [2.45, 2.75) is 6.92 Å². The van der Waals surface area contributed by atoms with Crippen molar-refractivity contribution < 1.29 is 14.3 Å². The number of rotatable bonds is 7. The number of nitrogens with one attached hydrogen (secondary N) is 3. The summed E-state index contributed by atoms with van der Waals surface area (Å²) < 4.78 is 5.43. The molecule has 7 heteroatoms. The third kappa shape index (κ3) is 4.94. The van der Waals surface area contributed by atoms with Gasteiger partial charge in [0.05, 0.1) is 12.8 Å². The van der Waals surface area contributed by atoms with Gasteiger partial charge in [0.25, 0.3) is 11.8 Å². The van der Waals surface area contributed by atoms with Gasteiger partial charge in [-0.15, -0.1) is 0 Å². The highest BCUT2D eigenvalue weighted by atomic mass is 16.5. The Morgan fingerprint density at radius 3 is 2.74 bits per heavy atom. The summed E-state index contributed by atoms with van der Waals surface area (Å²) in [7, 11) is 0. The minimum Gasteiger partial charge on any atom is -0.484 e. The second kappa shape index (κ2) is 8.66. The molecule has 0 saturated carbocycles. The van der Waals surface area contributed by atoms with Crippen LogP contribution in [-0.4, -0.2) is 36.2 Å².